The van der Waals surface area contributed by atoms with Crippen LogP contribution in [0.1, 0.15) is 13.8 Å². The first-order chi connectivity index (χ1) is 11.5. The largest absolute Gasteiger partial charge is 0.487 e. The molecule has 0 amide bonds. The Bertz CT molecular complexity index is 999. The molecule has 3 heterocycles. The lowest BCUT2D eigenvalue weighted by molar-refractivity contribution is -0.154. The van der Waals surface area contributed by atoms with Crippen LogP contribution >= 0.6 is 0 Å². The van der Waals surface area contributed by atoms with Crippen molar-refractivity contribution in [3.8, 4) is 5.75 Å². The fraction of sp³-hybridized carbons (Fsp3) is 0.294. The second kappa shape index (κ2) is 5.10. The molecule has 0 aliphatic carbocycles. The molecule has 124 valence electrons. The molecule has 1 aliphatic heterocycles. The average Bonchev–Trinajstić information content (AvgIpc) is 2.93. The van der Waals surface area contributed by atoms with Gasteiger partial charge in [0.2, 0.25) is 5.79 Å². The van der Waals surface area contributed by atoms with Gasteiger partial charge in [-0.1, -0.05) is 0 Å². The zero-order valence-corrected chi connectivity index (χ0v) is 13.0. The van der Waals surface area contributed by atoms with Gasteiger partial charge in [0.05, 0.1) is 11.6 Å². The van der Waals surface area contributed by atoms with Gasteiger partial charge in [0.1, 0.15) is 12.2 Å². The molecular weight excluding hydrogens is 316 g/mol. The molecular formula is C17H14O7. The molecule has 0 radical (unpaired) electrons. The first-order valence-electron chi connectivity index (χ1n) is 7.40. The summed E-state index contributed by atoms with van der Waals surface area (Å²) in [5, 5.41) is 1.47. The first kappa shape index (κ1) is 14.8. The number of hydrogen-bond donors (Lipinski definition) is 0. The zero-order chi connectivity index (χ0) is 16.9. The number of carbonyl (C=O) groups is 1. The van der Waals surface area contributed by atoms with E-state index in [-0.39, 0.29) is 12.7 Å². The Morgan fingerprint density at radius 3 is 2.92 bits per heavy atom. The minimum absolute atomic E-state index is 0.154. The Hall–Kier alpha value is -2.80. The van der Waals surface area contributed by atoms with E-state index < -0.39 is 17.4 Å². The molecule has 3 aromatic rings. The van der Waals surface area contributed by atoms with E-state index >= 15 is 0 Å². The van der Waals surface area contributed by atoms with Crippen LogP contribution in [0.25, 0.3) is 21.9 Å². The van der Waals surface area contributed by atoms with Crippen LogP contribution in [0.3, 0.4) is 0 Å². The van der Waals surface area contributed by atoms with Gasteiger partial charge >= 0.3 is 11.6 Å². The van der Waals surface area contributed by atoms with E-state index in [0.29, 0.717) is 22.3 Å². The van der Waals surface area contributed by atoms with E-state index in [1.54, 1.807) is 31.4 Å². The highest BCUT2D eigenvalue weighted by Crippen LogP contribution is 2.39. The fourth-order valence-electron chi connectivity index (χ4n) is 2.72. The van der Waals surface area contributed by atoms with E-state index in [1.165, 1.54) is 13.0 Å². The van der Waals surface area contributed by atoms with Crippen molar-refractivity contribution in [2.45, 2.75) is 25.7 Å². The summed E-state index contributed by atoms with van der Waals surface area (Å²) in [4.78, 5) is 22.6. The SMILES string of the molecule is CC(=O)OC1(C)OC1COc1cc2ccoc2c2ccc(=O)oc12. The van der Waals surface area contributed by atoms with Crippen LogP contribution in [0, 0.1) is 0 Å². The lowest BCUT2D eigenvalue weighted by atomic mass is 10.1. The zero-order valence-electron chi connectivity index (χ0n) is 13.0. The maximum Gasteiger partial charge on any atom is 0.336 e. The highest BCUT2D eigenvalue weighted by molar-refractivity contribution is 6.04. The van der Waals surface area contributed by atoms with Crippen molar-refractivity contribution in [2.24, 2.45) is 0 Å². The van der Waals surface area contributed by atoms with E-state index in [0.717, 1.165) is 5.39 Å². The van der Waals surface area contributed by atoms with Crippen LogP contribution in [0.15, 0.2) is 44.2 Å². The van der Waals surface area contributed by atoms with Crippen LogP contribution in [0.4, 0.5) is 0 Å². The molecule has 0 spiro atoms. The first-order valence-corrected chi connectivity index (χ1v) is 7.40. The third kappa shape index (κ3) is 2.43. The number of carbonyl (C=O) groups excluding carboxylic acids is 1. The van der Waals surface area contributed by atoms with Crippen molar-refractivity contribution < 1.29 is 27.8 Å². The van der Waals surface area contributed by atoms with Gasteiger partial charge in [-0.05, 0) is 18.2 Å². The average molecular weight is 330 g/mol. The van der Waals surface area contributed by atoms with E-state index in [4.69, 9.17) is 23.0 Å². The predicted molar refractivity (Wildman–Crippen MR) is 82.8 cm³/mol. The number of hydrogen-bond acceptors (Lipinski definition) is 7. The summed E-state index contributed by atoms with van der Waals surface area (Å²) in [6.45, 7) is 3.14. The second-order valence-electron chi connectivity index (χ2n) is 5.74. The summed E-state index contributed by atoms with van der Waals surface area (Å²) >= 11 is 0. The quantitative estimate of drug-likeness (QED) is 0.412. The summed E-state index contributed by atoms with van der Waals surface area (Å²) in [5.74, 6) is -0.990. The Morgan fingerprint density at radius 2 is 2.12 bits per heavy atom. The van der Waals surface area contributed by atoms with Crippen LogP contribution in [0.2, 0.25) is 0 Å². The Kier molecular flexibility index (Phi) is 3.14. The number of esters is 1. The van der Waals surface area contributed by atoms with Crippen molar-refractivity contribution in [1.82, 2.24) is 0 Å². The van der Waals surface area contributed by atoms with Crippen LogP contribution < -0.4 is 10.4 Å². The van der Waals surface area contributed by atoms with Crippen molar-refractivity contribution in [3.05, 3.63) is 40.9 Å². The Morgan fingerprint density at radius 1 is 1.29 bits per heavy atom. The summed E-state index contributed by atoms with van der Waals surface area (Å²) in [6.07, 6.45) is 1.17. The minimum atomic E-state index is -0.970. The normalized spacial score (nSPS) is 22.7. The number of benzene rings is 1. The smallest absolute Gasteiger partial charge is 0.336 e. The summed E-state index contributed by atoms with van der Waals surface area (Å²) in [6, 6.07) is 6.49. The van der Waals surface area contributed by atoms with Gasteiger partial charge in [0, 0.05) is 25.3 Å². The highest BCUT2D eigenvalue weighted by atomic mass is 16.8. The van der Waals surface area contributed by atoms with Gasteiger partial charge in [0.15, 0.2) is 17.4 Å². The molecule has 7 heteroatoms. The van der Waals surface area contributed by atoms with Crippen molar-refractivity contribution in [1.29, 1.82) is 0 Å². The molecule has 2 atom stereocenters. The molecule has 4 rings (SSSR count). The number of epoxide rings is 1. The lowest BCUT2D eigenvalue weighted by Gasteiger charge is -2.09. The molecule has 0 saturated carbocycles. The number of rotatable bonds is 4. The summed E-state index contributed by atoms with van der Waals surface area (Å²) < 4.78 is 26.9. The molecule has 1 aliphatic rings. The van der Waals surface area contributed by atoms with E-state index in [2.05, 4.69) is 0 Å². The predicted octanol–water partition coefficient (Wildman–Crippen LogP) is 2.60. The molecule has 24 heavy (non-hydrogen) atoms. The van der Waals surface area contributed by atoms with Crippen molar-refractivity contribution in [3.63, 3.8) is 0 Å². The third-order valence-electron chi connectivity index (χ3n) is 3.92. The molecule has 1 aromatic carbocycles. The Labute approximate surface area is 135 Å². The number of furan rings is 1. The van der Waals surface area contributed by atoms with E-state index in [1.807, 2.05) is 0 Å². The standard InChI is InChI=1S/C17H14O7/c1-9(18)23-17(2)13(24-17)8-21-12-7-10-5-6-20-15(10)11-3-4-14(19)22-16(11)12/h3-7,13H,8H2,1-2H3. The van der Waals surface area contributed by atoms with Crippen LogP contribution in [0.5, 0.6) is 5.75 Å². The van der Waals surface area contributed by atoms with Gasteiger partial charge in [-0.3, -0.25) is 4.79 Å². The van der Waals surface area contributed by atoms with Gasteiger partial charge < -0.3 is 23.0 Å². The minimum Gasteiger partial charge on any atom is -0.487 e. The van der Waals surface area contributed by atoms with Crippen molar-refractivity contribution in [2.75, 3.05) is 6.61 Å². The number of fused-ring (bicyclic) bond motifs is 3. The summed E-state index contributed by atoms with van der Waals surface area (Å²) in [7, 11) is 0. The van der Waals surface area contributed by atoms with Crippen LogP contribution in [-0.2, 0) is 14.3 Å². The summed E-state index contributed by atoms with van der Waals surface area (Å²) in [5.41, 5.74) is 0.444. The second-order valence-corrected chi connectivity index (χ2v) is 5.74. The van der Waals surface area contributed by atoms with Gasteiger partial charge in [-0.2, -0.15) is 0 Å². The molecule has 1 fully saturated rings. The molecule has 0 N–H and O–H groups in total. The van der Waals surface area contributed by atoms with Gasteiger partial charge in [-0.25, -0.2) is 4.79 Å². The molecule has 1 saturated heterocycles. The lowest BCUT2D eigenvalue weighted by Crippen LogP contribution is -2.21. The molecule has 0 bridgehead atoms. The molecule has 2 aromatic heterocycles. The molecule has 2 unspecified atom stereocenters. The fourth-order valence-corrected chi connectivity index (χ4v) is 2.72. The van der Waals surface area contributed by atoms with Gasteiger partial charge in [0.25, 0.3) is 0 Å². The maximum absolute atomic E-state index is 11.5. The third-order valence-corrected chi connectivity index (χ3v) is 3.92. The monoisotopic (exact) mass is 330 g/mol. The highest BCUT2D eigenvalue weighted by Gasteiger charge is 2.56. The van der Waals surface area contributed by atoms with Crippen LogP contribution in [-0.4, -0.2) is 24.5 Å². The van der Waals surface area contributed by atoms with Crippen molar-refractivity contribution >= 4 is 27.9 Å². The van der Waals surface area contributed by atoms with E-state index in [9.17, 15) is 9.59 Å². The van der Waals surface area contributed by atoms with Gasteiger partial charge in [-0.15, -0.1) is 0 Å². The topological polar surface area (TPSA) is 91.4 Å². The Balaban J connectivity index is 1.65. The molecule has 7 nitrogen and oxygen atoms in total. The number of ether oxygens (including phenoxy) is 3. The maximum atomic E-state index is 11.5.